The molecule has 0 atom stereocenters. The van der Waals surface area contributed by atoms with Crippen LogP contribution in [0.2, 0.25) is 0 Å². The molecular formula is C19H20N2. The SMILES string of the molecule is Cc1cccc(C2CC(NCc3ccc(C#N)cc3)C2)c1. The minimum absolute atomic E-state index is 0.617. The van der Waals surface area contributed by atoms with E-state index in [2.05, 4.69) is 42.6 Å². The van der Waals surface area contributed by atoms with E-state index in [4.69, 9.17) is 5.26 Å². The molecule has 1 aliphatic rings. The molecule has 21 heavy (non-hydrogen) atoms. The van der Waals surface area contributed by atoms with Crippen molar-refractivity contribution in [3.8, 4) is 6.07 Å². The fraction of sp³-hybridized carbons (Fsp3) is 0.316. The number of benzene rings is 2. The Bertz CT molecular complexity index is 646. The van der Waals surface area contributed by atoms with Crippen molar-refractivity contribution >= 4 is 0 Å². The molecule has 2 nitrogen and oxygen atoms in total. The average molecular weight is 276 g/mol. The standard InChI is InChI=1S/C19H20N2/c1-14-3-2-4-17(9-14)18-10-19(11-18)21-13-16-7-5-15(12-20)6-8-16/h2-9,18-19,21H,10-11,13H2,1H3. The summed E-state index contributed by atoms with van der Waals surface area (Å²) in [4.78, 5) is 0. The van der Waals surface area contributed by atoms with E-state index < -0.39 is 0 Å². The molecule has 1 N–H and O–H groups in total. The third kappa shape index (κ3) is 3.32. The van der Waals surface area contributed by atoms with Crippen LogP contribution >= 0.6 is 0 Å². The van der Waals surface area contributed by atoms with Gasteiger partial charge in [-0.05, 0) is 48.9 Å². The van der Waals surface area contributed by atoms with E-state index in [1.807, 2.05) is 24.3 Å². The fourth-order valence-corrected chi connectivity index (χ4v) is 2.94. The van der Waals surface area contributed by atoms with Gasteiger partial charge in [-0.1, -0.05) is 42.0 Å². The number of nitrogens with zero attached hydrogens (tertiary/aromatic N) is 1. The summed E-state index contributed by atoms with van der Waals surface area (Å²) in [6, 6.07) is 19.5. The van der Waals surface area contributed by atoms with E-state index in [9.17, 15) is 0 Å². The Morgan fingerprint density at radius 1 is 1.14 bits per heavy atom. The van der Waals surface area contributed by atoms with Gasteiger partial charge in [0.25, 0.3) is 0 Å². The molecule has 0 spiro atoms. The van der Waals surface area contributed by atoms with Crippen molar-refractivity contribution in [2.45, 2.75) is 38.3 Å². The summed E-state index contributed by atoms with van der Waals surface area (Å²) in [5.74, 6) is 0.711. The number of hydrogen-bond donors (Lipinski definition) is 1. The van der Waals surface area contributed by atoms with Gasteiger partial charge in [0.2, 0.25) is 0 Å². The Morgan fingerprint density at radius 3 is 2.57 bits per heavy atom. The summed E-state index contributed by atoms with van der Waals surface area (Å²) in [5, 5.41) is 12.4. The van der Waals surface area contributed by atoms with Gasteiger partial charge in [0.05, 0.1) is 11.6 Å². The summed E-state index contributed by atoms with van der Waals surface area (Å²) in [6.07, 6.45) is 2.44. The van der Waals surface area contributed by atoms with Crippen molar-refractivity contribution in [3.63, 3.8) is 0 Å². The lowest BCUT2D eigenvalue weighted by molar-refractivity contribution is 0.289. The monoisotopic (exact) mass is 276 g/mol. The summed E-state index contributed by atoms with van der Waals surface area (Å²) in [5.41, 5.74) is 4.79. The highest BCUT2D eigenvalue weighted by molar-refractivity contribution is 5.32. The summed E-state index contributed by atoms with van der Waals surface area (Å²) in [7, 11) is 0. The summed E-state index contributed by atoms with van der Waals surface area (Å²) in [6.45, 7) is 3.04. The van der Waals surface area contributed by atoms with Gasteiger partial charge >= 0.3 is 0 Å². The van der Waals surface area contributed by atoms with Crippen molar-refractivity contribution in [3.05, 3.63) is 70.8 Å². The number of nitriles is 1. The second-order valence-electron chi connectivity index (χ2n) is 5.97. The van der Waals surface area contributed by atoms with E-state index in [1.165, 1.54) is 29.5 Å². The van der Waals surface area contributed by atoms with Crippen LogP contribution in [0.15, 0.2) is 48.5 Å². The van der Waals surface area contributed by atoms with Crippen LogP contribution in [0.3, 0.4) is 0 Å². The van der Waals surface area contributed by atoms with E-state index in [0.29, 0.717) is 12.0 Å². The molecule has 1 fully saturated rings. The van der Waals surface area contributed by atoms with Crippen molar-refractivity contribution < 1.29 is 0 Å². The second kappa shape index (κ2) is 6.11. The molecule has 1 saturated carbocycles. The number of nitrogens with one attached hydrogen (secondary N) is 1. The summed E-state index contributed by atoms with van der Waals surface area (Å²) < 4.78 is 0. The first kappa shape index (κ1) is 13.9. The molecule has 0 bridgehead atoms. The molecule has 0 amide bonds. The van der Waals surface area contributed by atoms with Crippen LogP contribution in [0.25, 0.3) is 0 Å². The van der Waals surface area contributed by atoms with Gasteiger partial charge in [-0.15, -0.1) is 0 Å². The highest BCUT2D eigenvalue weighted by atomic mass is 14.9. The molecule has 2 aromatic rings. The maximum absolute atomic E-state index is 8.79. The van der Waals surface area contributed by atoms with Gasteiger partial charge in [0.15, 0.2) is 0 Å². The predicted molar refractivity (Wildman–Crippen MR) is 84.9 cm³/mol. The Kier molecular flexibility index (Phi) is 4.03. The molecule has 0 aromatic heterocycles. The topological polar surface area (TPSA) is 35.8 Å². The maximum atomic E-state index is 8.79. The lowest BCUT2D eigenvalue weighted by atomic mass is 9.75. The first-order valence-corrected chi connectivity index (χ1v) is 7.53. The van der Waals surface area contributed by atoms with E-state index >= 15 is 0 Å². The Balaban J connectivity index is 1.47. The highest BCUT2D eigenvalue weighted by Gasteiger charge is 2.29. The zero-order valence-electron chi connectivity index (χ0n) is 12.3. The van der Waals surface area contributed by atoms with Crippen molar-refractivity contribution in [2.24, 2.45) is 0 Å². The van der Waals surface area contributed by atoms with Gasteiger partial charge in [0.1, 0.15) is 0 Å². The van der Waals surface area contributed by atoms with Gasteiger partial charge in [-0.2, -0.15) is 5.26 Å². The summed E-state index contributed by atoms with van der Waals surface area (Å²) >= 11 is 0. The van der Waals surface area contributed by atoms with E-state index in [-0.39, 0.29) is 0 Å². The van der Waals surface area contributed by atoms with Crippen molar-refractivity contribution in [1.82, 2.24) is 5.32 Å². The van der Waals surface area contributed by atoms with Crippen molar-refractivity contribution in [1.29, 1.82) is 5.26 Å². The molecule has 3 rings (SSSR count). The Hall–Kier alpha value is -2.11. The third-order valence-electron chi connectivity index (χ3n) is 4.33. The molecule has 0 radical (unpaired) electrons. The van der Waals surface area contributed by atoms with Crippen LogP contribution in [-0.2, 0) is 6.54 Å². The minimum atomic E-state index is 0.617. The predicted octanol–water partition coefficient (Wildman–Crippen LogP) is 3.90. The van der Waals surface area contributed by atoms with E-state index in [1.54, 1.807) is 0 Å². The molecular weight excluding hydrogens is 256 g/mol. The zero-order valence-corrected chi connectivity index (χ0v) is 12.3. The second-order valence-corrected chi connectivity index (χ2v) is 5.97. The first-order chi connectivity index (χ1) is 10.2. The average Bonchev–Trinajstić information content (AvgIpc) is 2.46. The Labute approximate surface area is 126 Å². The molecule has 1 aliphatic carbocycles. The molecule has 0 aliphatic heterocycles. The number of hydrogen-bond acceptors (Lipinski definition) is 2. The normalized spacial score (nSPS) is 20.6. The molecule has 106 valence electrons. The van der Waals surface area contributed by atoms with Crippen LogP contribution in [-0.4, -0.2) is 6.04 Å². The minimum Gasteiger partial charge on any atom is -0.310 e. The van der Waals surface area contributed by atoms with Crippen LogP contribution in [0.1, 0.15) is 41.0 Å². The maximum Gasteiger partial charge on any atom is 0.0991 e. The fourth-order valence-electron chi connectivity index (χ4n) is 2.94. The van der Waals surface area contributed by atoms with Crippen LogP contribution in [0, 0.1) is 18.3 Å². The largest absolute Gasteiger partial charge is 0.310 e. The van der Waals surface area contributed by atoms with Crippen LogP contribution in [0.5, 0.6) is 0 Å². The number of aryl methyl sites for hydroxylation is 1. The smallest absolute Gasteiger partial charge is 0.0991 e. The lowest BCUT2D eigenvalue weighted by Gasteiger charge is -2.36. The van der Waals surface area contributed by atoms with Gasteiger partial charge in [-0.25, -0.2) is 0 Å². The van der Waals surface area contributed by atoms with Gasteiger partial charge in [-0.3, -0.25) is 0 Å². The molecule has 0 heterocycles. The molecule has 2 heteroatoms. The number of rotatable bonds is 4. The van der Waals surface area contributed by atoms with E-state index in [0.717, 1.165) is 12.1 Å². The van der Waals surface area contributed by atoms with Gasteiger partial charge in [0, 0.05) is 12.6 Å². The lowest BCUT2D eigenvalue weighted by Crippen LogP contribution is -2.39. The van der Waals surface area contributed by atoms with Crippen LogP contribution < -0.4 is 5.32 Å². The molecule has 0 unspecified atom stereocenters. The Morgan fingerprint density at radius 2 is 1.90 bits per heavy atom. The highest BCUT2D eigenvalue weighted by Crippen LogP contribution is 2.37. The van der Waals surface area contributed by atoms with Crippen LogP contribution in [0.4, 0.5) is 0 Å². The quantitative estimate of drug-likeness (QED) is 0.919. The van der Waals surface area contributed by atoms with Gasteiger partial charge < -0.3 is 5.32 Å². The molecule has 2 aromatic carbocycles. The van der Waals surface area contributed by atoms with Crippen molar-refractivity contribution in [2.75, 3.05) is 0 Å². The first-order valence-electron chi connectivity index (χ1n) is 7.53. The molecule has 0 saturated heterocycles. The third-order valence-corrected chi connectivity index (χ3v) is 4.33. The zero-order chi connectivity index (χ0) is 14.7.